The van der Waals surface area contributed by atoms with E-state index >= 15 is 0 Å². The van der Waals surface area contributed by atoms with Crippen molar-refractivity contribution in [2.45, 2.75) is 18.4 Å². The Morgan fingerprint density at radius 3 is 2.52 bits per heavy atom. The van der Waals surface area contributed by atoms with E-state index in [4.69, 9.17) is 5.73 Å². The molecule has 1 aromatic heterocycles. The van der Waals surface area contributed by atoms with Gasteiger partial charge in [-0.25, -0.2) is 21.9 Å². The lowest BCUT2D eigenvalue weighted by atomic mass is 10.0. The second kappa shape index (κ2) is 8.62. The lowest BCUT2D eigenvalue weighted by molar-refractivity contribution is 0.0698. The van der Waals surface area contributed by atoms with Crippen LogP contribution in [0.5, 0.6) is 0 Å². The Morgan fingerprint density at radius 2 is 1.90 bits per heavy atom. The molecule has 0 saturated heterocycles. The Labute approximate surface area is 180 Å². The number of carboxylic acids is 1. The zero-order valence-corrected chi connectivity index (χ0v) is 18.3. The molecule has 0 saturated carbocycles. The molecule has 2 aromatic carbocycles. The number of nitrogens with zero attached hydrogens (tertiary/aromatic N) is 2. The van der Waals surface area contributed by atoms with Crippen LogP contribution in [0, 0.1) is 6.92 Å². The lowest BCUT2D eigenvalue weighted by Gasteiger charge is -2.13. The number of halogens is 1. The molecular weight excluding hydrogens is 421 g/mol. The fraction of sp³-hybridized carbons (Fsp3) is 0.227. The Balaban J connectivity index is 2.35. The highest BCUT2D eigenvalue weighted by Gasteiger charge is 2.23. The van der Waals surface area contributed by atoms with E-state index in [1.165, 1.54) is 32.3 Å². The molecule has 3 rings (SSSR count). The Kier molecular flexibility index (Phi) is 6.30. The van der Waals surface area contributed by atoms with Crippen LogP contribution < -0.4 is 5.73 Å². The van der Waals surface area contributed by atoms with Gasteiger partial charge in [-0.1, -0.05) is 24.3 Å². The number of hydrogen-bond acceptors (Lipinski definition) is 4. The molecule has 9 heteroatoms. The summed E-state index contributed by atoms with van der Waals surface area (Å²) >= 11 is 0. The summed E-state index contributed by atoms with van der Waals surface area (Å²) in [7, 11) is -0.767. The van der Waals surface area contributed by atoms with Gasteiger partial charge in [-0.05, 0) is 36.8 Å². The van der Waals surface area contributed by atoms with Crippen LogP contribution in [0.3, 0.4) is 0 Å². The molecule has 1 heterocycles. The van der Waals surface area contributed by atoms with Crippen LogP contribution in [0.25, 0.3) is 22.0 Å². The molecule has 0 unspecified atom stereocenters. The number of para-hydroxylation sites is 1. The molecule has 0 aliphatic rings. The monoisotopic (exact) mass is 445 g/mol. The van der Waals surface area contributed by atoms with Crippen molar-refractivity contribution in [3.63, 3.8) is 0 Å². The largest absolute Gasteiger partial charge is 0.478 e. The molecule has 3 N–H and O–H groups in total. The second-order valence-electron chi connectivity index (χ2n) is 7.26. The summed E-state index contributed by atoms with van der Waals surface area (Å²) in [4.78, 5) is 12.0. The summed E-state index contributed by atoms with van der Waals surface area (Å²) in [5.41, 5.74) is 7.66. The minimum Gasteiger partial charge on any atom is -0.478 e. The van der Waals surface area contributed by atoms with Crippen molar-refractivity contribution < 1.29 is 22.7 Å². The van der Waals surface area contributed by atoms with Crippen molar-refractivity contribution in [3.05, 3.63) is 65.6 Å². The van der Waals surface area contributed by atoms with Gasteiger partial charge in [0.05, 0.1) is 22.5 Å². The van der Waals surface area contributed by atoms with Gasteiger partial charge in [-0.3, -0.25) is 0 Å². The predicted molar refractivity (Wildman–Crippen MR) is 118 cm³/mol. The maximum Gasteiger partial charge on any atom is 0.337 e. The van der Waals surface area contributed by atoms with Crippen molar-refractivity contribution in [2.75, 3.05) is 20.6 Å². The van der Waals surface area contributed by atoms with Crippen LogP contribution >= 0.6 is 0 Å². The van der Waals surface area contributed by atoms with Gasteiger partial charge in [0.15, 0.2) is 0 Å². The van der Waals surface area contributed by atoms with Gasteiger partial charge in [-0.15, -0.1) is 0 Å². The summed E-state index contributed by atoms with van der Waals surface area (Å²) in [5.74, 6) is -1.62. The number of carboxylic acid groups (broad SMARTS) is 1. The SMILES string of the molecule is Cc1c(-c2cccc(S(=O)(=O)N(C)C)c2)c2cccc(C(=O)O)c2n1CC(F)=CCN. The highest BCUT2D eigenvalue weighted by Crippen LogP contribution is 2.37. The number of hydrogen-bond donors (Lipinski definition) is 2. The molecule has 0 aliphatic heterocycles. The molecule has 164 valence electrons. The number of sulfonamides is 1. The van der Waals surface area contributed by atoms with Crippen molar-refractivity contribution >= 4 is 26.9 Å². The zero-order chi connectivity index (χ0) is 22.9. The maximum atomic E-state index is 14.4. The Hall–Kier alpha value is -3.01. The molecule has 0 radical (unpaired) electrons. The van der Waals surface area contributed by atoms with Crippen LogP contribution in [0.15, 0.2) is 59.3 Å². The number of fused-ring (bicyclic) bond motifs is 1. The van der Waals surface area contributed by atoms with Crippen LogP contribution in [0.4, 0.5) is 4.39 Å². The van der Waals surface area contributed by atoms with Gasteiger partial charge in [0.2, 0.25) is 10.0 Å². The van der Waals surface area contributed by atoms with E-state index in [-0.39, 0.29) is 23.5 Å². The summed E-state index contributed by atoms with van der Waals surface area (Å²) < 4.78 is 42.3. The summed E-state index contributed by atoms with van der Waals surface area (Å²) in [6.45, 7) is 1.59. The van der Waals surface area contributed by atoms with Crippen molar-refractivity contribution in [1.29, 1.82) is 0 Å². The molecule has 0 amide bonds. The smallest absolute Gasteiger partial charge is 0.337 e. The first-order chi connectivity index (χ1) is 14.6. The summed E-state index contributed by atoms with van der Waals surface area (Å²) in [6, 6.07) is 11.2. The Morgan fingerprint density at radius 1 is 1.23 bits per heavy atom. The third-order valence-corrected chi connectivity index (χ3v) is 6.93. The second-order valence-corrected chi connectivity index (χ2v) is 9.41. The molecule has 0 bridgehead atoms. The van der Waals surface area contributed by atoms with Gasteiger partial charge >= 0.3 is 5.97 Å². The first-order valence-electron chi connectivity index (χ1n) is 9.52. The average molecular weight is 446 g/mol. The molecule has 0 aliphatic carbocycles. The van der Waals surface area contributed by atoms with E-state index < -0.39 is 21.8 Å². The number of nitrogens with two attached hydrogens (primary N) is 1. The first-order valence-corrected chi connectivity index (χ1v) is 11.0. The number of rotatable bonds is 7. The fourth-order valence-electron chi connectivity index (χ4n) is 3.63. The molecule has 31 heavy (non-hydrogen) atoms. The van der Waals surface area contributed by atoms with E-state index in [1.54, 1.807) is 41.8 Å². The minimum atomic E-state index is -3.67. The average Bonchev–Trinajstić information content (AvgIpc) is 2.99. The maximum absolute atomic E-state index is 14.4. The van der Waals surface area contributed by atoms with Crippen LogP contribution in [-0.2, 0) is 16.6 Å². The summed E-state index contributed by atoms with van der Waals surface area (Å²) in [5, 5.41) is 10.3. The van der Waals surface area contributed by atoms with Crippen molar-refractivity contribution in [3.8, 4) is 11.1 Å². The third kappa shape index (κ3) is 4.12. The highest BCUT2D eigenvalue weighted by atomic mass is 32.2. The van der Waals surface area contributed by atoms with E-state index in [0.29, 0.717) is 27.7 Å². The van der Waals surface area contributed by atoms with Crippen molar-refractivity contribution in [2.24, 2.45) is 5.73 Å². The number of aromatic nitrogens is 1. The van der Waals surface area contributed by atoms with Gasteiger partial charge < -0.3 is 15.4 Å². The van der Waals surface area contributed by atoms with Gasteiger partial charge in [0.25, 0.3) is 0 Å². The lowest BCUT2D eigenvalue weighted by Crippen LogP contribution is -2.22. The topological polar surface area (TPSA) is 106 Å². The molecule has 0 spiro atoms. The van der Waals surface area contributed by atoms with E-state index in [1.807, 2.05) is 0 Å². The molecule has 0 fully saturated rings. The normalized spacial score (nSPS) is 12.6. The van der Waals surface area contributed by atoms with Crippen LogP contribution in [0.2, 0.25) is 0 Å². The molecule has 0 atom stereocenters. The number of benzene rings is 2. The van der Waals surface area contributed by atoms with Crippen molar-refractivity contribution in [1.82, 2.24) is 8.87 Å². The van der Waals surface area contributed by atoms with Crippen LogP contribution in [0.1, 0.15) is 16.1 Å². The highest BCUT2D eigenvalue weighted by molar-refractivity contribution is 7.89. The van der Waals surface area contributed by atoms with E-state index in [2.05, 4.69) is 0 Å². The number of allylic oxidation sites excluding steroid dienone is 1. The molecular formula is C22H24FN3O4S. The quantitative estimate of drug-likeness (QED) is 0.580. The number of aromatic carboxylic acids is 1. The zero-order valence-electron chi connectivity index (χ0n) is 17.5. The van der Waals surface area contributed by atoms with Crippen LogP contribution in [-0.4, -0.2) is 49.0 Å². The number of carbonyl (C=O) groups is 1. The van der Waals surface area contributed by atoms with Gasteiger partial charge in [-0.2, -0.15) is 0 Å². The fourth-order valence-corrected chi connectivity index (χ4v) is 4.58. The van der Waals surface area contributed by atoms with E-state index in [0.717, 1.165) is 4.31 Å². The standard InChI is InChI=1S/C22H24FN3O4S/c1-14-20(15-6-4-7-17(12-15)31(29,30)25(2)3)18-8-5-9-19(22(27)28)21(18)26(14)13-16(23)10-11-24/h4-10,12H,11,13,24H2,1-3H3,(H,27,28). The van der Waals surface area contributed by atoms with Gasteiger partial charge in [0.1, 0.15) is 5.83 Å². The molecule has 3 aromatic rings. The van der Waals surface area contributed by atoms with Gasteiger partial charge in [0, 0.05) is 37.3 Å². The molecule has 7 nitrogen and oxygen atoms in total. The third-order valence-electron chi connectivity index (χ3n) is 5.12. The predicted octanol–water partition coefficient (Wildman–Crippen LogP) is 3.38. The first kappa shape index (κ1) is 22.7. The summed E-state index contributed by atoms with van der Waals surface area (Å²) in [6.07, 6.45) is 1.23. The minimum absolute atomic E-state index is 0.0210. The van der Waals surface area contributed by atoms with E-state index in [9.17, 15) is 22.7 Å². The Bertz CT molecular complexity index is 1290.